The van der Waals surface area contributed by atoms with Crippen molar-refractivity contribution in [3.8, 4) is 5.75 Å². The van der Waals surface area contributed by atoms with Crippen molar-refractivity contribution in [2.45, 2.75) is 18.9 Å². The van der Waals surface area contributed by atoms with Crippen LogP contribution in [0.2, 0.25) is 0 Å². The van der Waals surface area contributed by atoms with Gasteiger partial charge >= 0.3 is 5.97 Å². The Kier molecular flexibility index (Phi) is 2.70. The number of hydrogen-bond donors (Lipinski definition) is 2. The van der Waals surface area contributed by atoms with Crippen LogP contribution < -0.4 is 10.1 Å². The first-order valence-electron chi connectivity index (χ1n) is 6.07. The van der Waals surface area contributed by atoms with Crippen LogP contribution in [0.4, 0.5) is 4.39 Å². The molecule has 0 amide bonds. The van der Waals surface area contributed by atoms with Gasteiger partial charge in [-0.15, -0.1) is 0 Å². The molecule has 1 fully saturated rings. The normalized spacial score (nSPS) is 25.8. The summed E-state index contributed by atoms with van der Waals surface area (Å²) < 4.78 is 19.4. The number of hydrogen-bond acceptors (Lipinski definition) is 3. The van der Waals surface area contributed by atoms with Crippen molar-refractivity contribution in [2.24, 2.45) is 5.92 Å². The lowest BCUT2D eigenvalue weighted by Gasteiger charge is -2.15. The molecule has 5 heteroatoms. The molecule has 2 unspecified atom stereocenters. The van der Waals surface area contributed by atoms with Crippen molar-refractivity contribution < 1.29 is 19.0 Å². The van der Waals surface area contributed by atoms with Gasteiger partial charge in [0.15, 0.2) is 0 Å². The van der Waals surface area contributed by atoms with Crippen molar-refractivity contribution in [3.63, 3.8) is 0 Å². The summed E-state index contributed by atoms with van der Waals surface area (Å²) >= 11 is 0. The number of benzene rings is 1. The summed E-state index contributed by atoms with van der Waals surface area (Å²) in [5, 5.41) is 12.1. The summed E-state index contributed by atoms with van der Waals surface area (Å²) in [7, 11) is 0. The molecule has 1 aromatic rings. The van der Waals surface area contributed by atoms with E-state index in [9.17, 15) is 9.18 Å². The highest BCUT2D eigenvalue weighted by molar-refractivity contribution is 5.71. The Bertz CT molecular complexity index is 503. The SMILES string of the molecule is O=C(O)C1CNC(c2c(F)ccc3c2CCO3)C1. The number of aliphatic carboxylic acids is 1. The van der Waals surface area contributed by atoms with E-state index in [1.54, 1.807) is 6.07 Å². The molecule has 1 aromatic carbocycles. The third-order valence-electron chi connectivity index (χ3n) is 3.70. The second kappa shape index (κ2) is 4.24. The zero-order valence-electron chi connectivity index (χ0n) is 9.78. The molecule has 2 aliphatic heterocycles. The van der Waals surface area contributed by atoms with Gasteiger partial charge in [0.25, 0.3) is 0 Å². The first-order chi connectivity index (χ1) is 8.66. The van der Waals surface area contributed by atoms with Crippen LogP contribution in [0, 0.1) is 11.7 Å². The van der Waals surface area contributed by atoms with E-state index in [4.69, 9.17) is 9.84 Å². The van der Waals surface area contributed by atoms with Crippen molar-refractivity contribution in [3.05, 3.63) is 29.1 Å². The van der Waals surface area contributed by atoms with Crippen molar-refractivity contribution >= 4 is 5.97 Å². The van der Waals surface area contributed by atoms with Gasteiger partial charge in [-0.2, -0.15) is 0 Å². The number of nitrogens with one attached hydrogen (secondary N) is 1. The Labute approximate surface area is 104 Å². The zero-order chi connectivity index (χ0) is 12.7. The molecule has 18 heavy (non-hydrogen) atoms. The molecule has 0 aromatic heterocycles. The first-order valence-corrected chi connectivity index (χ1v) is 6.07. The average Bonchev–Trinajstić information content (AvgIpc) is 2.95. The fraction of sp³-hybridized carbons (Fsp3) is 0.462. The standard InChI is InChI=1S/C13H14FNO3/c14-9-1-2-11-8(3-4-18-11)12(9)10-5-7(6-15-10)13(16)17/h1-2,7,10,15H,3-6H2,(H,16,17). The van der Waals surface area contributed by atoms with E-state index in [1.807, 2.05) is 0 Å². The molecule has 2 N–H and O–H groups in total. The molecule has 0 radical (unpaired) electrons. The van der Waals surface area contributed by atoms with E-state index < -0.39 is 11.9 Å². The first kappa shape index (κ1) is 11.5. The molecule has 2 aliphatic rings. The van der Waals surface area contributed by atoms with Crippen LogP contribution in [-0.4, -0.2) is 24.2 Å². The molecule has 0 saturated carbocycles. The molecule has 96 valence electrons. The topological polar surface area (TPSA) is 58.6 Å². The van der Waals surface area contributed by atoms with Crippen LogP contribution in [-0.2, 0) is 11.2 Å². The number of carboxylic acid groups (broad SMARTS) is 1. The lowest BCUT2D eigenvalue weighted by Crippen LogP contribution is -2.18. The zero-order valence-corrected chi connectivity index (χ0v) is 9.78. The van der Waals surface area contributed by atoms with E-state index in [0.29, 0.717) is 31.6 Å². The Hall–Kier alpha value is -1.62. The predicted molar refractivity (Wildman–Crippen MR) is 62.1 cm³/mol. The van der Waals surface area contributed by atoms with Crippen LogP contribution >= 0.6 is 0 Å². The molecule has 1 saturated heterocycles. The maximum absolute atomic E-state index is 14.0. The summed E-state index contributed by atoms with van der Waals surface area (Å²) in [6.07, 6.45) is 1.13. The Morgan fingerprint density at radius 3 is 3.06 bits per heavy atom. The minimum Gasteiger partial charge on any atom is -0.493 e. The monoisotopic (exact) mass is 251 g/mol. The van der Waals surface area contributed by atoms with E-state index in [2.05, 4.69) is 5.32 Å². The third-order valence-corrected chi connectivity index (χ3v) is 3.70. The van der Waals surface area contributed by atoms with E-state index >= 15 is 0 Å². The molecular formula is C13H14FNO3. The molecule has 2 heterocycles. The molecule has 4 nitrogen and oxygen atoms in total. The third kappa shape index (κ3) is 1.75. The van der Waals surface area contributed by atoms with Gasteiger partial charge in [-0.05, 0) is 18.6 Å². The number of ether oxygens (including phenoxy) is 1. The summed E-state index contributed by atoms with van der Waals surface area (Å²) in [5.74, 6) is -0.809. The maximum Gasteiger partial charge on any atom is 0.307 e. The van der Waals surface area contributed by atoms with Gasteiger partial charge in [0.2, 0.25) is 0 Å². The van der Waals surface area contributed by atoms with Crippen LogP contribution in [0.15, 0.2) is 12.1 Å². The number of rotatable bonds is 2. The number of fused-ring (bicyclic) bond motifs is 1. The summed E-state index contributed by atoms with van der Waals surface area (Å²) in [6.45, 7) is 0.963. The highest BCUT2D eigenvalue weighted by Gasteiger charge is 2.34. The molecular weight excluding hydrogens is 237 g/mol. The van der Waals surface area contributed by atoms with Gasteiger partial charge in [-0.1, -0.05) is 0 Å². The summed E-state index contributed by atoms with van der Waals surface area (Å²) in [6, 6.07) is 2.82. The van der Waals surface area contributed by atoms with Crippen LogP contribution in [0.3, 0.4) is 0 Å². The fourth-order valence-corrected chi connectivity index (χ4v) is 2.79. The quantitative estimate of drug-likeness (QED) is 0.836. The molecule has 0 bridgehead atoms. The Morgan fingerprint density at radius 1 is 1.50 bits per heavy atom. The lowest BCUT2D eigenvalue weighted by molar-refractivity contribution is -0.141. The lowest BCUT2D eigenvalue weighted by atomic mass is 9.94. The summed E-state index contributed by atoms with van der Waals surface area (Å²) in [4.78, 5) is 10.9. The molecule has 0 spiro atoms. The van der Waals surface area contributed by atoms with Gasteiger partial charge in [-0.3, -0.25) is 4.79 Å². The fourth-order valence-electron chi connectivity index (χ4n) is 2.79. The van der Waals surface area contributed by atoms with Gasteiger partial charge in [0.1, 0.15) is 11.6 Å². The van der Waals surface area contributed by atoms with Crippen molar-refractivity contribution in [1.82, 2.24) is 5.32 Å². The summed E-state index contributed by atoms with van der Waals surface area (Å²) in [5.41, 5.74) is 1.48. The average molecular weight is 251 g/mol. The highest BCUT2D eigenvalue weighted by atomic mass is 19.1. The molecule has 3 rings (SSSR count). The van der Waals surface area contributed by atoms with Gasteiger partial charge in [-0.25, -0.2) is 4.39 Å². The minimum atomic E-state index is -0.825. The Balaban J connectivity index is 1.94. The van der Waals surface area contributed by atoms with Crippen LogP contribution in [0.5, 0.6) is 5.75 Å². The second-order valence-corrected chi connectivity index (χ2v) is 4.77. The van der Waals surface area contributed by atoms with Crippen LogP contribution in [0.1, 0.15) is 23.6 Å². The minimum absolute atomic E-state index is 0.220. The largest absolute Gasteiger partial charge is 0.493 e. The highest BCUT2D eigenvalue weighted by Crippen LogP contribution is 2.37. The van der Waals surface area contributed by atoms with Gasteiger partial charge in [0, 0.05) is 30.1 Å². The van der Waals surface area contributed by atoms with Crippen molar-refractivity contribution in [1.29, 1.82) is 0 Å². The predicted octanol–water partition coefficient (Wildman–Crippen LogP) is 1.50. The molecule has 2 atom stereocenters. The maximum atomic E-state index is 14.0. The van der Waals surface area contributed by atoms with E-state index in [-0.39, 0.29) is 11.9 Å². The number of carbonyl (C=O) groups is 1. The van der Waals surface area contributed by atoms with Gasteiger partial charge in [0.05, 0.1) is 12.5 Å². The van der Waals surface area contributed by atoms with Crippen LogP contribution in [0.25, 0.3) is 0 Å². The molecule has 0 aliphatic carbocycles. The van der Waals surface area contributed by atoms with Gasteiger partial charge < -0.3 is 15.2 Å². The van der Waals surface area contributed by atoms with Crippen molar-refractivity contribution in [2.75, 3.05) is 13.2 Å². The van der Waals surface area contributed by atoms with E-state index in [0.717, 1.165) is 11.3 Å². The number of carboxylic acids is 1. The Morgan fingerprint density at radius 2 is 2.33 bits per heavy atom. The van der Waals surface area contributed by atoms with E-state index in [1.165, 1.54) is 6.07 Å². The second-order valence-electron chi connectivity index (χ2n) is 4.77. The number of halogens is 1. The smallest absolute Gasteiger partial charge is 0.307 e.